The summed E-state index contributed by atoms with van der Waals surface area (Å²) in [5, 5.41) is 12.8. The van der Waals surface area contributed by atoms with Gasteiger partial charge in [0.15, 0.2) is 0 Å². The molecule has 3 atom stereocenters. The minimum Gasteiger partial charge on any atom is -0.394 e. The van der Waals surface area contributed by atoms with E-state index in [2.05, 4.69) is 10.3 Å². The number of likely N-dealkylation sites (tertiary alicyclic amines) is 1. The average Bonchev–Trinajstić information content (AvgIpc) is 2.80. The summed E-state index contributed by atoms with van der Waals surface area (Å²) in [6, 6.07) is 17.1. The minimum absolute atomic E-state index is 0.0953. The molecular formula is C24H21FN4O3. The molecule has 2 aromatic carbocycles. The number of benzene rings is 2. The number of pyridine rings is 1. The lowest BCUT2D eigenvalue weighted by atomic mass is 9.72. The van der Waals surface area contributed by atoms with Gasteiger partial charge in [-0.15, -0.1) is 0 Å². The molecule has 3 heterocycles. The number of aromatic nitrogens is 1. The number of anilines is 2. The van der Waals surface area contributed by atoms with Crippen molar-refractivity contribution in [2.75, 3.05) is 23.4 Å². The van der Waals surface area contributed by atoms with Crippen molar-refractivity contribution >= 4 is 23.3 Å². The fourth-order valence-electron chi connectivity index (χ4n) is 4.74. The van der Waals surface area contributed by atoms with Crippen molar-refractivity contribution < 1.29 is 19.1 Å². The lowest BCUT2D eigenvalue weighted by Gasteiger charge is -2.58. The number of carbonyl (C=O) groups is 2. The predicted molar refractivity (Wildman–Crippen MR) is 117 cm³/mol. The number of aliphatic hydroxyl groups is 1. The molecule has 0 radical (unpaired) electrons. The van der Waals surface area contributed by atoms with Crippen molar-refractivity contribution in [3.63, 3.8) is 0 Å². The summed E-state index contributed by atoms with van der Waals surface area (Å²) in [6.07, 6.45) is 1.55. The maximum atomic E-state index is 13.6. The number of fused-ring (bicyclic) bond motifs is 3. The van der Waals surface area contributed by atoms with Gasteiger partial charge >= 0.3 is 6.03 Å². The molecule has 1 aromatic heterocycles. The molecule has 1 saturated heterocycles. The van der Waals surface area contributed by atoms with Gasteiger partial charge in [-0.05, 0) is 42.0 Å². The van der Waals surface area contributed by atoms with Crippen molar-refractivity contribution in [2.45, 2.75) is 18.0 Å². The highest BCUT2D eigenvalue weighted by Gasteiger charge is 2.55. The molecule has 8 heteroatoms. The fraction of sp³-hybridized carbons (Fsp3) is 0.208. The van der Waals surface area contributed by atoms with E-state index in [0.717, 1.165) is 5.56 Å². The Morgan fingerprint density at radius 1 is 1.09 bits per heavy atom. The summed E-state index contributed by atoms with van der Waals surface area (Å²) in [5.74, 6) is -0.823. The van der Waals surface area contributed by atoms with Crippen molar-refractivity contribution in [1.82, 2.24) is 9.88 Å². The van der Waals surface area contributed by atoms with Crippen LogP contribution in [0.15, 0.2) is 72.9 Å². The number of rotatable bonds is 3. The van der Waals surface area contributed by atoms with Crippen molar-refractivity contribution in [3.05, 3.63) is 90.0 Å². The van der Waals surface area contributed by atoms with Crippen LogP contribution in [0.25, 0.3) is 0 Å². The number of aliphatic hydroxyl groups excluding tert-OH is 1. The molecule has 0 unspecified atom stereocenters. The number of carbonyl (C=O) groups excluding carboxylic acids is 2. The van der Waals surface area contributed by atoms with Gasteiger partial charge in [-0.1, -0.05) is 30.3 Å². The Labute approximate surface area is 184 Å². The van der Waals surface area contributed by atoms with Crippen molar-refractivity contribution in [1.29, 1.82) is 0 Å². The molecule has 32 heavy (non-hydrogen) atoms. The summed E-state index contributed by atoms with van der Waals surface area (Å²) < 4.78 is 13.6. The fourth-order valence-corrected chi connectivity index (χ4v) is 4.74. The van der Waals surface area contributed by atoms with E-state index in [-0.39, 0.29) is 31.0 Å². The first-order valence-electron chi connectivity index (χ1n) is 10.4. The summed E-state index contributed by atoms with van der Waals surface area (Å²) in [7, 11) is 0. The Morgan fingerprint density at radius 3 is 2.66 bits per heavy atom. The topological polar surface area (TPSA) is 85.8 Å². The van der Waals surface area contributed by atoms with Crippen LogP contribution in [0.3, 0.4) is 0 Å². The summed E-state index contributed by atoms with van der Waals surface area (Å²) in [5.41, 5.74) is 2.24. The van der Waals surface area contributed by atoms with Crippen molar-refractivity contribution in [3.8, 4) is 0 Å². The first-order chi connectivity index (χ1) is 15.6. The second kappa shape index (κ2) is 8.05. The number of halogens is 1. The Morgan fingerprint density at radius 2 is 1.91 bits per heavy atom. The van der Waals surface area contributed by atoms with Crippen LogP contribution in [-0.2, 0) is 0 Å². The third-order valence-corrected chi connectivity index (χ3v) is 6.13. The molecule has 7 nitrogen and oxygen atoms in total. The first kappa shape index (κ1) is 20.1. The zero-order chi connectivity index (χ0) is 22.2. The van der Waals surface area contributed by atoms with Gasteiger partial charge in [0.25, 0.3) is 5.91 Å². The molecular weight excluding hydrogens is 411 g/mol. The van der Waals surface area contributed by atoms with E-state index in [9.17, 15) is 19.1 Å². The Balaban J connectivity index is 1.47. The Hall–Kier alpha value is -3.78. The largest absolute Gasteiger partial charge is 0.394 e. The highest BCUT2D eigenvalue weighted by atomic mass is 19.1. The Kier molecular flexibility index (Phi) is 5.07. The Bertz CT molecular complexity index is 1170. The van der Waals surface area contributed by atoms with Gasteiger partial charge in [-0.25, -0.2) is 9.18 Å². The number of hydrogen-bond acceptors (Lipinski definition) is 4. The van der Waals surface area contributed by atoms with Crippen molar-refractivity contribution in [2.24, 2.45) is 0 Å². The van der Waals surface area contributed by atoms with E-state index in [0.29, 0.717) is 17.1 Å². The van der Waals surface area contributed by atoms with E-state index in [1.165, 1.54) is 18.2 Å². The monoisotopic (exact) mass is 432 g/mol. The van der Waals surface area contributed by atoms with E-state index < -0.39 is 17.9 Å². The molecule has 3 amide bonds. The van der Waals surface area contributed by atoms with Crippen LogP contribution >= 0.6 is 0 Å². The van der Waals surface area contributed by atoms with Gasteiger partial charge < -0.3 is 15.3 Å². The van der Waals surface area contributed by atoms with Crippen LogP contribution in [0, 0.1) is 5.82 Å². The first-order valence-corrected chi connectivity index (χ1v) is 10.4. The summed E-state index contributed by atoms with van der Waals surface area (Å²) in [4.78, 5) is 33.6. The van der Waals surface area contributed by atoms with E-state index in [4.69, 9.17) is 0 Å². The van der Waals surface area contributed by atoms with Crippen LogP contribution in [0.5, 0.6) is 0 Å². The molecule has 2 N–H and O–H groups in total. The third-order valence-electron chi connectivity index (χ3n) is 6.13. The third kappa shape index (κ3) is 3.29. The maximum absolute atomic E-state index is 13.6. The van der Waals surface area contributed by atoms with Gasteiger partial charge in [-0.3, -0.25) is 14.7 Å². The van der Waals surface area contributed by atoms with E-state index in [1.807, 2.05) is 24.3 Å². The van der Waals surface area contributed by atoms with Crippen LogP contribution in [0.2, 0.25) is 0 Å². The molecule has 5 rings (SSSR count). The molecule has 0 spiro atoms. The van der Waals surface area contributed by atoms with Crippen LogP contribution in [-0.4, -0.2) is 52.2 Å². The number of urea groups is 1. The molecule has 0 bridgehead atoms. The predicted octanol–water partition coefficient (Wildman–Crippen LogP) is 3.24. The molecule has 2 aliphatic heterocycles. The molecule has 0 saturated carbocycles. The average molecular weight is 432 g/mol. The number of amides is 3. The van der Waals surface area contributed by atoms with E-state index in [1.54, 1.807) is 40.3 Å². The van der Waals surface area contributed by atoms with Crippen LogP contribution < -0.4 is 10.2 Å². The standard InChI is InChI=1S/C24H21FN4O3/c25-15-6-5-7-16(12-15)27-24(32)28-13-20-22(17-8-1-2-10-19(17)28)21(14-30)29(20)23(31)18-9-3-4-11-26-18/h1-12,20-22,30H,13-14H2,(H,27,32)/t20-,21-,22+/m1/s1. The van der Waals surface area contributed by atoms with Crippen LogP contribution in [0.4, 0.5) is 20.6 Å². The number of nitrogens with zero attached hydrogens (tertiary/aromatic N) is 3. The SMILES string of the molecule is O=C(Nc1cccc(F)c1)N1C[C@@H]2[C@H](c3ccccc31)[C@@H](CO)N2C(=O)c1ccccn1. The lowest BCUT2D eigenvalue weighted by molar-refractivity contribution is -0.0245. The second-order valence-corrected chi connectivity index (χ2v) is 7.88. The highest BCUT2D eigenvalue weighted by Crippen LogP contribution is 2.48. The zero-order valence-electron chi connectivity index (χ0n) is 17.1. The molecule has 3 aromatic rings. The van der Waals surface area contributed by atoms with Gasteiger partial charge in [0, 0.05) is 30.0 Å². The van der Waals surface area contributed by atoms with Crippen LogP contribution in [0.1, 0.15) is 22.0 Å². The molecule has 162 valence electrons. The highest BCUT2D eigenvalue weighted by molar-refractivity contribution is 6.03. The summed E-state index contributed by atoms with van der Waals surface area (Å²) >= 11 is 0. The van der Waals surface area contributed by atoms with E-state index >= 15 is 0 Å². The maximum Gasteiger partial charge on any atom is 0.326 e. The van der Waals surface area contributed by atoms with Gasteiger partial charge in [0.2, 0.25) is 0 Å². The molecule has 1 fully saturated rings. The minimum atomic E-state index is -0.446. The number of para-hydroxylation sites is 1. The second-order valence-electron chi connectivity index (χ2n) is 7.88. The number of hydrogen-bond donors (Lipinski definition) is 2. The quantitative estimate of drug-likeness (QED) is 0.665. The van der Waals surface area contributed by atoms with Gasteiger partial charge in [-0.2, -0.15) is 0 Å². The smallest absolute Gasteiger partial charge is 0.326 e. The molecule has 0 aliphatic carbocycles. The van der Waals surface area contributed by atoms with Gasteiger partial charge in [0.1, 0.15) is 11.5 Å². The number of nitrogens with one attached hydrogen (secondary N) is 1. The normalized spacial score (nSPS) is 21.2. The molecule has 2 aliphatic rings. The summed E-state index contributed by atoms with van der Waals surface area (Å²) in [6.45, 7) is 0.0570. The zero-order valence-corrected chi connectivity index (χ0v) is 17.1. The van der Waals surface area contributed by atoms with Gasteiger partial charge in [0.05, 0.1) is 18.7 Å². The lowest BCUT2D eigenvalue weighted by Crippen LogP contribution is -2.71.